The second-order valence-corrected chi connectivity index (χ2v) is 5.68. The highest BCUT2D eigenvalue weighted by atomic mass is 16.2. The Morgan fingerprint density at radius 1 is 1.24 bits per heavy atom. The Morgan fingerprint density at radius 2 is 1.90 bits per heavy atom. The van der Waals surface area contributed by atoms with Crippen molar-refractivity contribution in [3.63, 3.8) is 0 Å². The lowest BCUT2D eigenvalue weighted by Gasteiger charge is -2.30. The minimum Gasteiger partial charge on any atom is -0.384 e. The maximum Gasteiger partial charge on any atom is 0.236 e. The van der Waals surface area contributed by atoms with E-state index in [1.54, 1.807) is 12.1 Å². The van der Waals surface area contributed by atoms with Gasteiger partial charge >= 0.3 is 0 Å². The van der Waals surface area contributed by atoms with E-state index in [1.165, 1.54) is 4.90 Å². The molecule has 2 amide bonds. The molecular weight excluding hydrogens is 266 g/mol. The number of aliphatic hydroxyl groups is 1. The molecule has 4 heteroatoms. The summed E-state index contributed by atoms with van der Waals surface area (Å²) in [4.78, 5) is 26.3. The summed E-state index contributed by atoms with van der Waals surface area (Å²) in [5.74, 6) is 5.29. The number of aryl methyl sites for hydroxylation is 1. The van der Waals surface area contributed by atoms with E-state index in [-0.39, 0.29) is 30.3 Å². The van der Waals surface area contributed by atoms with Crippen LogP contribution in [0.15, 0.2) is 18.2 Å². The summed E-state index contributed by atoms with van der Waals surface area (Å²) in [5.41, 5.74) is 2.28. The van der Waals surface area contributed by atoms with Gasteiger partial charge in [-0.15, -0.1) is 0 Å². The van der Waals surface area contributed by atoms with Crippen LogP contribution < -0.4 is 4.90 Å². The third-order valence-corrected chi connectivity index (χ3v) is 4.32. The molecular formula is C17H17NO3. The molecule has 1 aliphatic carbocycles. The maximum atomic E-state index is 12.4. The number of aliphatic hydroxyl groups excluding tert-OH is 1. The van der Waals surface area contributed by atoms with Crippen LogP contribution in [0.4, 0.5) is 5.69 Å². The van der Waals surface area contributed by atoms with Crippen LogP contribution in [-0.4, -0.2) is 23.5 Å². The van der Waals surface area contributed by atoms with Gasteiger partial charge in [-0.25, -0.2) is 4.90 Å². The van der Waals surface area contributed by atoms with Gasteiger partial charge in [-0.05, 0) is 49.9 Å². The first-order valence-electron chi connectivity index (χ1n) is 7.20. The van der Waals surface area contributed by atoms with Gasteiger partial charge in [0.1, 0.15) is 6.61 Å². The number of amides is 2. The lowest BCUT2D eigenvalue weighted by molar-refractivity contribution is -0.133. The van der Waals surface area contributed by atoms with Gasteiger partial charge in [-0.1, -0.05) is 11.8 Å². The molecule has 0 aromatic heterocycles. The van der Waals surface area contributed by atoms with Crippen molar-refractivity contribution in [2.24, 2.45) is 11.8 Å². The van der Waals surface area contributed by atoms with Gasteiger partial charge in [0, 0.05) is 17.4 Å². The number of anilines is 1. The van der Waals surface area contributed by atoms with Crippen LogP contribution in [0, 0.1) is 30.6 Å². The lowest BCUT2D eigenvalue weighted by atomic mass is 9.95. The molecule has 1 aliphatic heterocycles. The highest BCUT2D eigenvalue weighted by Gasteiger charge is 2.46. The fraction of sp³-hybridized carbons (Fsp3) is 0.412. The zero-order valence-electron chi connectivity index (χ0n) is 11.9. The van der Waals surface area contributed by atoms with Crippen LogP contribution in [0.2, 0.25) is 0 Å². The van der Waals surface area contributed by atoms with Gasteiger partial charge in [0.25, 0.3) is 0 Å². The van der Waals surface area contributed by atoms with Gasteiger partial charge < -0.3 is 5.11 Å². The summed E-state index contributed by atoms with van der Waals surface area (Å²) in [6.07, 6.45) is 2.36. The first-order chi connectivity index (χ1) is 10.1. The van der Waals surface area contributed by atoms with E-state index in [1.807, 2.05) is 13.0 Å². The third kappa shape index (κ3) is 2.34. The topological polar surface area (TPSA) is 57.6 Å². The number of imide groups is 1. The van der Waals surface area contributed by atoms with Crippen molar-refractivity contribution in [3.05, 3.63) is 29.3 Å². The molecule has 2 unspecified atom stereocenters. The zero-order valence-corrected chi connectivity index (χ0v) is 11.9. The molecule has 2 aliphatic rings. The van der Waals surface area contributed by atoms with Gasteiger partial charge in [0.05, 0.1) is 5.69 Å². The van der Waals surface area contributed by atoms with Gasteiger partial charge in [0.2, 0.25) is 11.8 Å². The highest BCUT2D eigenvalue weighted by Crippen LogP contribution is 2.40. The number of piperidine rings is 1. The first-order valence-corrected chi connectivity index (χ1v) is 7.20. The van der Waals surface area contributed by atoms with Crippen LogP contribution in [0.25, 0.3) is 0 Å². The molecule has 1 saturated heterocycles. The molecule has 1 heterocycles. The zero-order chi connectivity index (χ0) is 15.0. The van der Waals surface area contributed by atoms with Crippen molar-refractivity contribution in [1.82, 2.24) is 0 Å². The number of hydrogen-bond donors (Lipinski definition) is 1. The number of fused-ring (bicyclic) bond motifs is 2. The van der Waals surface area contributed by atoms with Crippen molar-refractivity contribution in [1.29, 1.82) is 0 Å². The summed E-state index contributed by atoms with van der Waals surface area (Å²) in [6, 6.07) is 5.40. The standard InChI is InChI=1S/C17H17NO3/c1-11-9-12(3-2-8-19)4-7-15(11)18-16(20)13-5-6-14(10-13)17(18)21/h4,7,9,13-14,19H,5-6,8,10H2,1H3. The van der Waals surface area contributed by atoms with Crippen molar-refractivity contribution >= 4 is 17.5 Å². The van der Waals surface area contributed by atoms with Crippen molar-refractivity contribution < 1.29 is 14.7 Å². The van der Waals surface area contributed by atoms with Crippen LogP contribution in [-0.2, 0) is 9.59 Å². The smallest absolute Gasteiger partial charge is 0.236 e. The second-order valence-electron chi connectivity index (χ2n) is 5.68. The summed E-state index contributed by atoms with van der Waals surface area (Å²) in [6.45, 7) is 1.68. The maximum absolute atomic E-state index is 12.4. The molecule has 2 atom stereocenters. The minimum absolute atomic E-state index is 0.000886. The average molecular weight is 283 g/mol. The highest BCUT2D eigenvalue weighted by molar-refractivity contribution is 6.19. The fourth-order valence-electron chi connectivity index (χ4n) is 3.27. The molecule has 0 radical (unpaired) electrons. The fourth-order valence-corrected chi connectivity index (χ4v) is 3.27. The molecule has 1 aromatic carbocycles. The summed E-state index contributed by atoms with van der Waals surface area (Å²) < 4.78 is 0. The number of carbonyl (C=O) groups is 2. The van der Waals surface area contributed by atoms with E-state index >= 15 is 0 Å². The number of carbonyl (C=O) groups excluding carboxylic acids is 2. The molecule has 1 aromatic rings. The SMILES string of the molecule is Cc1cc(C#CCO)ccc1N1C(=O)C2CCC(C2)C1=O. The van der Waals surface area contributed by atoms with E-state index < -0.39 is 0 Å². The van der Waals surface area contributed by atoms with Gasteiger partial charge in [-0.3, -0.25) is 9.59 Å². The number of rotatable bonds is 1. The predicted octanol–water partition coefficient (Wildman–Crippen LogP) is 1.63. The Bertz CT molecular complexity index is 646. The monoisotopic (exact) mass is 283 g/mol. The summed E-state index contributed by atoms with van der Waals surface area (Å²) in [7, 11) is 0. The summed E-state index contributed by atoms with van der Waals surface area (Å²) >= 11 is 0. The number of benzene rings is 1. The van der Waals surface area contributed by atoms with E-state index in [2.05, 4.69) is 11.8 Å². The first kappa shape index (κ1) is 13.8. The van der Waals surface area contributed by atoms with E-state index in [9.17, 15) is 9.59 Å². The molecule has 2 fully saturated rings. The van der Waals surface area contributed by atoms with Crippen LogP contribution in [0.3, 0.4) is 0 Å². The predicted molar refractivity (Wildman–Crippen MR) is 78.5 cm³/mol. The molecule has 1 saturated carbocycles. The van der Waals surface area contributed by atoms with Crippen molar-refractivity contribution in [2.75, 3.05) is 11.5 Å². The van der Waals surface area contributed by atoms with Crippen LogP contribution in [0.5, 0.6) is 0 Å². The largest absolute Gasteiger partial charge is 0.384 e. The Kier molecular flexibility index (Phi) is 3.52. The number of nitrogens with zero attached hydrogens (tertiary/aromatic N) is 1. The lowest BCUT2D eigenvalue weighted by Crippen LogP contribution is -2.46. The van der Waals surface area contributed by atoms with Crippen LogP contribution >= 0.6 is 0 Å². The van der Waals surface area contributed by atoms with Crippen molar-refractivity contribution in [2.45, 2.75) is 26.2 Å². The van der Waals surface area contributed by atoms with E-state index in [4.69, 9.17) is 5.11 Å². The molecule has 0 spiro atoms. The second kappa shape index (κ2) is 5.34. The third-order valence-electron chi connectivity index (χ3n) is 4.32. The van der Waals surface area contributed by atoms with E-state index in [0.29, 0.717) is 12.1 Å². The van der Waals surface area contributed by atoms with Crippen molar-refractivity contribution in [3.8, 4) is 11.8 Å². The van der Waals surface area contributed by atoms with E-state index in [0.717, 1.165) is 24.0 Å². The minimum atomic E-state index is -0.187. The molecule has 1 N–H and O–H groups in total. The molecule has 2 bridgehead atoms. The molecule has 21 heavy (non-hydrogen) atoms. The Morgan fingerprint density at radius 3 is 2.48 bits per heavy atom. The summed E-state index contributed by atoms with van der Waals surface area (Å²) in [5, 5.41) is 8.72. The van der Waals surface area contributed by atoms with Crippen LogP contribution in [0.1, 0.15) is 30.4 Å². The molecule has 4 nitrogen and oxygen atoms in total. The molecule has 108 valence electrons. The van der Waals surface area contributed by atoms with Gasteiger partial charge in [-0.2, -0.15) is 0 Å². The molecule has 3 rings (SSSR count). The Balaban J connectivity index is 1.96. The average Bonchev–Trinajstić information content (AvgIpc) is 2.92. The number of hydrogen-bond acceptors (Lipinski definition) is 3. The normalized spacial score (nSPS) is 24.0. The Labute approximate surface area is 123 Å². The Hall–Kier alpha value is -2.12. The quantitative estimate of drug-likeness (QED) is 0.629. The van der Waals surface area contributed by atoms with Gasteiger partial charge in [0.15, 0.2) is 0 Å².